The lowest BCUT2D eigenvalue weighted by Crippen LogP contribution is -2.39. The van der Waals surface area contributed by atoms with E-state index in [-0.39, 0.29) is 6.54 Å². The molecule has 1 rings (SSSR count). The Morgan fingerprint density at radius 1 is 1.26 bits per heavy atom. The van der Waals surface area contributed by atoms with E-state index in [0.717, 1.165) is 7.11 Å². The Bertz CT molecular complexity index is 432. The van der Waals surface area contributed by atoms with Gasteiger partial charge in [0.15, 0.2) is 6.10 Å². The zero-order valence-corrected chi connectivity index (χ0v) is 10.7. The van der Waals surface area contributed by atoms with E-state index < -0.39 is 18.1 Å². The number of carbonyl (C=O) groups is 2. The van der Waals surface area contributed by atoms with Crippen molar-refractivity contribution in [3.05, 3.63) is 24.3 Å². The highest BCUT2D eigenvalue weighted by atomic mass is 16.5. The average Bonchev–Trinajstić information content (AvgIpc) is 2.44. The molecule has 0 spiro atoms. The van der Waals surface area contributed by atoms with E-state index in [9.17, 15) is 14.7 Å². The third kappa shape index (κ3) is 4.84. The summed E-state index contributed by atoms with van der Waals surface area (Å²) in [6.07, 6.45) is -1.38. The molecule has 7 heteroatoms. The fourth-order valence-electron chi connectivity index (χ4n) is 1.26. The number of rotatable bonds is 5. The molecule has 7 nitrogen and oxygen atoms in total. The van der Waals surface area contributed by atoms with Crippen molar-refractivity contribution in [2.24, 2.45) is 0 Å². The predicted octanol–water partition coefficient (Wildman–Crippen LogP) is 0.351. The zero-order valence-electron chi connectivity index (χ0n) is 10.7. The lowest BCUT2D eigenvalue weighted by Gasteiger charge is -2.11. The van der Waals surface area contributed by atoms with Crippen LogP contribution in [0.25, 0.3) is 0 Å². The topological polar surface area (TPSA) is 96.9 Å². The summed E-state index contributed by atoms with van der Waals surface area (Å²) in [4.78, 5) is 22.4. The number of hydrogen-bond donors (Lipinski definition) is 3. The predicted molar refractivity (Wildman–Crippen MR) is 68.0 cm³/mol. The number of aliphatic hydroxyl groups is 1. The van der Waals surface area contributed by atoms with Gasteiger partial charge < -0.3 is 25.2 Å². The molecule has 1 unspecified atom stereocenters. The van der Waals surface area contributed by atoms with E-state index in [1.807, 2.05) is 0 Å². The van der Waals surface area contributed by atoms with Crippen molar-refractivity contribution in [1.29, 1.82) is 0 Å². The van der Waals surface area contributed by atoms with Crippen molar-refractivity contribution < 1.29 is 24.2 Å². The molecule has 0 saturated heterocycles. The van der Waals surface area contributed by atoms with Gasteiger partial charge in [-0.3, -0.25) is 0 Å². The maximum absolute atomic E-state index is 11.5. The molecule has 0 aliphatic heterocycles. The Morgan fingerprint density at radius 2 is 1.89 bits per heavy atom. The van der Waals surface area contributed by atoms with Crippen LogP contribution >= 0.6 is 0 Å². The van der Waals surface area contributed by atoms with Gasteiger partial charge in [0.05, 0.1) is 20.8 Å². The third-order valence-corrected chi connectivity index (χ3v) is 2.28. The number of nitrogens with one attached hydrogen (secondary N) is 2. The first-order chi connectivity index (χ1) is 9.06. The van der Waals surface area contributed by atoms with Gasteiger partial charge in [0.25, 0.3) is 0 Å². The van der Waals surface area contributed by atoms with Gasteiger partial charge in [0.2, 0.25) is 0 Å². The van der Waals surface area contributed by atoms with Crippen LogP contribution in [-0.4, -0.2) is 44.0 Å². The molecule has 1 aromatic carbocycles. The minimum atomic E-state index is -1.38. The fraction of sp³-hybridized carbons (Fsp3) is 0.333. The van der Waals surface area contributed by atoms with Gasteiger partial charge in [-0.25, -0.2) is 9.59 Å². The van der Waals surface area contributed by atoms with Crippen LogP contribution in [0.3, 0.4) is 0 Å². The molecule has 0 bridgehead atoms. The summed E-state index contributed by atoms with van der Waals surface area (Å²) in [5.41, 5.74) is 0.561. The second-order valence-electron chi connectivity index (χ2n) is 3.60. The Kier molecular flexibility index (Phi) is 5.62. The quantitative estimate of drug-likeness (QED) is 0.669. The van der Waals surface area contributed by atoms with E-state index in [1.54, 1.807) is 31.4 Å². The van der Waals surface area contributed by atoms with Crippen LogP contribution < -0.4 is 15.4 Å². The van der Waals surface area contributed by atoms with Gasteiger partial charge in [-0.1, -0.05) is 0 Å². The lowest BCUT2D eigenvalue weighted by atomic mass is 10.3. The Labute approximate surface area is 110 Å². The summed E-state index contributed by atoms with van der Waals surface area (Å²) < 4.78 is 9.29. The highest BCUT2D eigenvalue weighted by Crippen LogP contribution is 2.14. The molecule has 0 aromatic heterocycles. The number of amides is 2. The molecule has 0 fully saturated rings. The summed E-state index contributed by atoms with van der Waals surface area (Å²) in [6.45, 7) is -0.228. The summed E-state index contributed by atoms with van der Waals surface area (Å²) in [6, 6.07) is 6.18. The Hall–Kier alpha value is -2.28. The van der Waals surface area contributed by atoms with Crippen molar-refractivity contribution in [3.8, 4) is 5.75 Å². The van der Waals surface area contributed by atoms with Gasteiger partial charge in [-0.05, 0) is 24.3 Å². The molecule has 0 aliphatic rings. The second-order valence-corrected chi connectivity index (χ2v) is 3.60. The molecule has 0 radical (unpaired) electrons. The van der Waals surface area contributed by atoms with E-state index in [4.69, 9.17) is 4.74 Å². The number of aliphatic hydroxyl groups excluding tert-OH is 1. The zero-order chi connectivity index (χ0) is 14.3. The van der Waals surface area contributed by atoms with Crippen LogP contribution in [0.1, 0.15) is 0 Å². The van der Waals surface area contributed by atoms with Crippen LogP contribution in [0.4, 0.5) is 10.5 Å². The largest absolute Gasteiger partial charge is 0.497 e. The van der Waals surface area contributed by atoms with E-state index in [2.05, 4.69) is 15.4 Å². The number of hydrogen-bond acceptors (Lipinski definition) is 5. The number of urea groups is 1. The van der Waals surface area contributed by atoms with Gasteiger partial charge in [-0.2, -0.15) is 0 Å². The number of carbonyl (C=O) groups excluding carboxylic acids is 2. The molecule has 19 heavy (non-hydrogen) atoms. The normalized spacial score (nSPS) is 11.3. The Balaban J connectivity index is 2.40. The highest BCUT2D eigenvalue weighted by molar-refractivity contribution is 5.89. The number of methoxy groups -OCH3 is 2. The Morgan fingerprint density at radius 3 is 2.42 bits per heavy atom. The molecule has 0 heterocycles. The maximum Gasteiger partial charge on any atom is 0.336 e. The molecule has 104 valence electrons. The maximum atomic E-state index is 11.5. The van der Waals surface area contributed by atoms with Crippen molar-refractivity contribution in [1.82, 2.24) is 5.32 Å². The monoisotopic (exact) mass is 268 g/mol. The average molecular weight is 268 g/mol. The van der Waals surface area contributed by atoms with Gasteiger partial charge in [0, 0.05) is 5.69 Å². The van der Waals surface area contributed by atoms with Crippen molar-refractivity contribution >= 4 is 17.7 Å². The first kappa shape index (κ1) is 14.8. The van der Waals surface area contributed by atoms with Crippen molar-refractivity contribution in [2.45, 2.75) is 6.10 Å². The number of ether oxygens (including phenoxy) is 2. The summed E-state index contributed by atoms with van der Waals surface area (Å²) in [7, 11) is 2.70. The lowest BCUT2D eigenvalue weighted by molar-refractivity contribution is -0.149. The first-order valence-electron chi connectivity index (χ1n) is 5.51. The van der Waals surface area contributed by atoms with E-state index in [1.165, 1.54) is 0 Å². The van der Waals surface area contributed by atoms with Crippen molar-refractivity contribution in [2.75, 3.05) is 26.1 Å². The van der Waals surface area contributed by atoms with Crippen LogP contribution in [0.2, 0.25) is 0 Å². The fourth-order valence-corrected chi connectivity index (χ4v) is 1.26. The number of anilines is 1. The highest BCUT2D eigenvalue weighted by Gasteiger charge is 2.15. The molecular formula is C12H16N2O5. The smallest absolute Gasteiger partial charge is 0.336 e. The second kappa shape index (κ2) is 7.22. The first-order valence-corrected chi connectivity index (χ1v) is 5.51. The van der Waals surface area contributed by atoms with Crippen LogP contribution in [0, 0.1) is 0 Å². The van der Waals surface area contributed by atoms with Crippen LogP contribution in [0.5, 0.6) is 5.75 Å². The van der Waals surface area contributed by atoms with E-state index in [0.29, 0.717) is 11.4 Å². The number of esters is 1. The third-order valence-electron chi connectivity index (χ3n) is 2.28. The van der Waals surface area contributed by atoms with Crippen LogP contribution in [0.15, 0.2) is 24.3 Å². The standard InChI is InChI=1S/C12H16N2O5/c1-18-9-5-3-8(4-6-9)14-12(17)13-7-10(15)11(16)19-2/h3-6,10,15H,7H2,1-2H3,(H2,13,14,17). The molecule has 3 N–H and O–H groups in total. The minimum Gasteiger partial charge on any atom is -0.497 e. The molecule has 1 atom stereocenters. The molecule has 0 saturated carbocycles. The molecule has 0 aliphatic carbocycles. The molecule has 2 amide bonds. The minimum absolute atomic E-state index is 0.228. The number of benzene rings is 1. The van der Waals surface area contributed by atoms with E-state index >= 15 is 0 Å². The van der Waals surface area contributed by atoms with Crippen molar-refractivity contribution in [3.63, 3.8) is 0 Å². The van der Waals surface area contributed by atoms with Gasteiger partial charge in [-0.15, -0.1) is 0 Å². The van der Waals surface area contributed by atoms with Crippen LogP contribution in [-0.2, 0) is 9.53 Å². The molecular weight excluding hydrogens is 252 g/mol. The SMILES string of the molecule is COC(=O)C(O)CNC(=O)Nc1ccc(OC)cc1. The summed E-state index contributed by atoms with van der Waals surface area (Å²) in [5, 5.41) is 14.1. The summed E-state index contributed by atoms with van der Waals surface area (Å²) in [5.74, 6) is -0.128. The van der Waals surface area contributed by atoms with Gasteiger partial charge in [0.1, 0.15) is 5.75 Å². The van der Waals surface area contributed by atoms with Gasteiger partial charge >= 0.3 is 12.0 Å². The summed E-state index contributed by atoms with van der Waals surface area (Å²) >= 11 is 0. The molecule has 1 aromatic rings.